The molecule has 16 heavy (non-hydrogen) atoms. The van der Waals surface area contributed by atoms with Crippen LogP contribution in [0.2, 0.25) is 0 Å². The van der Waals surface area contributed by atoms with Crippen LogP contribution in [0.4, 0.5) is 0 Å². The zero-order valence-corrected chi connectivity index (χ0v) is 10.4. The third-order valence-corrected chi connectivity index (χ3v) is 5.41. The van der Waals surface area contributed by atoms with Gasteiger partial charge in [-0.2, -0.15) is 0 Å². The van der Waals surface area contributed by atoms with Crippen molar-refractivity contribution in [3.05, 3.63) is 0 Å². The summed E-state index contributed by atoms with van der Waals surface area (Å²) in [5.74, 6) is 3.43. The first-order valence-electron chi connectivity index (χ1n) is 6.53. The van der Waals surface area contributed by atoms with Crippen LogP contribution in [0.3, 0.4) is 0 Å². The van der Waals surface area contributed by atoms with E-state index in [1.54, 1.807) is 0 Å². The number of hydrogen-bond acceptors (Lipinski definition) is 1. The average Bonchev–Trinajstić information content (AvgIpc) is 2.10. The van der Waals surface area contributed by atoms with Crippen LogP contribution < -0.4 is 0 Å². The van der Waals surface area contributed by atoms with Gasteiger partial charge in [0.25, 0.3) is 0 Å². The van der Waals surface area contributed by atoms with E-state index >= 15 is 0 Å². The second-order valence-electron chi connectivity index (χ2n) is 7.56. The Morgan fingerprint density at radius 2 is 1.69 bits per heavy atom. The molecular weight excluding hydrogens is 196 g/mol. The van der Waals surface area contributed by atoms with Gasteiger partial charge in [0.2, 0.25) is 0 Å². The smallest absolute Gasteiger partial charge is 0.120 e. The largest absolute Gasteiger partial charge is 0.380 e. The fraction of sp³-hybridized carbons (Fsp3) is 0.867. The van der Waals surface area contributed by atoms with Gasteiger partial charge in [-0.05, 0) is 55.3 Å². The van der Waals surface area contributed by atoms with Crippen molar-refractivity contribution >= 4 is 0 Å². The van der Waals surface area contributed by atoms with Crippen molar-refractivity contribution in [1.29, 1.82) is 0 Å². The predicted molar refractivity (Wildman–Crippen MR) is 64.7 cm³/mol. The van der Waals surface area contributed by atoms with Crippen molar-refractivity contribution in [3.8, 4) is 12.3 Å². The Kier molecular flexibility index (Phi) is 1.90. The van der Waals surface area contributed by atoms with Gasteiger partial charge in [-0.25, -0.2) is 0 Å². The maximum absolute atomic E-state index is 10.2. The van der Waals surface area contributed by atoms with E-state index in [4.69, 9.17) is 6.42 Å². The fourth-order valence-electron chi connectivity index (χ4n) is 6.02. The topological polar surface area (TPSA) is 20.2 Å². The lowest BCUT2D eigenvalue weighted by molar-refractivity contribution is -0.173. The minimum Gasteiger partial charge on any atom is -0.380 e. The van der Waals surface area contributed by atoms with Crippen LogP contribution in [0.15, 0.2) is 0 Å². The van der Waals surface area contributed by atoms with E-state index in [1.807, 2.05) is 0 Å². The zero-order chi connectivity index (χ0) is 11.6. The first-order valence-corrected chi connectivity index (χ1v) is 6.53. The van der Waals surface area contributed by atoms with Crippen molar-refractivity contribution in [3.63, 3.8) is 0 Å². The van der Waals surface area contributed by atoms with E-state index in [0.717, 1.165) is 18.8 Å². The van der Waals surface area contributed by atoms with Crippen LogP contribution in [0.5, 0.6) is 0 Å². The summed E-state index contributed by atoms with van der Waals surface area (Å²) in [5.41, 5.74) is 0.954. The molecule has 0 aromatic heterocycles. The number of terminal acetylenes is 1. The predicted octanol–water partition coefficient (Wildman–Crippen LogP) is 2.98. The molecule has 4 saturated carbocycles. The molecule has 4 fully saturated rings. The van der Waals surface area contributed by atoms with Crippen LogP contribution in [0, 0.1) is 34.5 Å². The van der Waals surface area contributed by atoms with Crippen LogP contribution in [-0.4, -0.2) is 11.2 Å². The van der Waals surface area contributed by atoms with Gasteiger partial charge in [0, 0.05) is 5.41 Å². The van der Waals surface area contributed by atoms with Gasteiger partial charge >= 0.3 is 0 Å². The van der Waals surface area contributed by atoms with E-state index in [9.17, 15) is 5.11 Å². The first kappa shape index (κ1) is 10.7. The van der Waals surface area contributed by atoms with E-state index < -0.39 is 6.10 Å². The molecule has 1 heteroatoms. The van der Waals surface area contributed by atoms with Gasteiger partial charge in [-0.3, -0.25) is 0 Å². The molecule has 0 aromatic carbocycles. The summed E-state index contributed by atoms with van der Waals surface area (Å²) >= 11 is 0. The Morgan fingerprint density at radius 1 is 1.12 bits per heavy atom. The highest BCUT2D eigenvalue weighted by Gasteiger charge is 2.61. The Bertz CT molecular complexity index is 346. The van der Waals surface area contributed by atoms with Gasteiger partial charge in [0.1, 0.15) is 6.10 Å². The maximum Gasteiger partial charge on any atom is 0.120 e. The van der Waals surface area contributed by atoms with Crippen molar-refractivity contribution in [1.82, 2.24) is 0 Å². The molecule has 88 valence electrons. The molecule has 4 aliphatic carbocycles. The summed E-state index contributed by atoms with van der Waals surface area (Å²) in [5, 5.41) is 10.2. The first-order chi connectivity index (χ1) is 7.39. The average molecular weight is 218 g/mol. The molecule has 0 aliphatic heterocycles. The van der Waals surface area contributed by atoms with Gasteiger partial charge < -0.3 is 5.11 Å². The molecule has 0 spiro atoms. The lowest BCUT2D eigenvalue weighted by Crippen LogP contribution is -2.58. The molecule has 0 saturated heterocycles. The summed E-state index contributed by atoms with van der Waals surface area (Å²) in [6.07, 6.45) is 12.5. The lowest BCUT2D eigenvalue weighted by atomic mass is 9.39. The SMILES string of the molecule is C#CC(O)C12CC3CC(C)(CC(C)(C3)C1)C2. The number of aliphatic hydroxyl groups excluding tert-OH is 1. The highest BCUT2D eigenvalue weighted by Crippen LogP contribution is 2.70. The maximum atomic E-state index is 10.2. The van der Waals surface area contributed by atoms with Gasteiger partial charge in [0.05, 0.1) is 0 Å². The van der Waals surface area contributed by atoms with Crippen LogP contribution in [0.1, 0.15) is 52.4 Å². The third-order valence-electron chi connectivity index (χ3n) is 5.41. The van der Waals surface area contributed by atoms with E-state index in [0.29, 0.717) is 10.8 Å². The summed E-state index contributed by atoms with van der Waals surface area (Å²) in [6, 6.07) is 0. The molecule has 0 aromatic rings. The van der Waals surface area contributed by atoms with E-state index in [2.05, 4.69) is 19.8 Å². The molecule has 0 radical (unpaired) electrons. The monoisotopic (exact) mass is 218 g/mol. The summed E-state index contributed by atoms with van der Waals surface area (Å²) < 4.78 is 0. The van der Waals surface area contributed by atoms with Gasteiger partial charge in [-0.15, -0.1) is 6.42 Å². The van der Waals surface area contributed by atoms with Crippen molar-refractivity contribution in [2.45, 2.75) is 58.5 Å². The normalized spacial score (nSPS) is 56.0. The molecule has 1 nitrogen and oxygen atoms in total. The minimum atomic E-state index is -0.519. The standard InChI is InChI=1S/C15H22O/c1-4-12(16)15-7-11-5-13(2,9-15)8-14(3,6-11)10-15/h1,11-12,16H,5-10H2,2-3H3. The number of hydrogen-bond donors (Lipinski definition) is 1. The third kappa shape index (κ3) is 1.29. The van der Waals surface area contributed by atoms with E-state index in [1.165, 1.54) is 25.7 Å². The second-order valence-corrected chi connectivity index (χ2v) is 7.56. The molecule has 3 unspecified atom stereocenters. The summed E-state index contributed by atoms with van der Waals surface area (Å²) in [6.45, 7) is 4.82. The van der Waals surface area contributed by atoms with Gasteiger partial charge in [0.15, 0.2) is 0 Å². The second kappa shape index (κ2) is 2.85. The minimum absolute atomic E-state index is 0.0532. The molecule has 0 heterocycles. The molecule has 0 amide bonds. The highest BCUT2D eigenvalue weighted by molar-refractivity contribution is 5.16. The van der Waals surface area contributed by atoms with Gasteiger partial charge in [-0.1, -0.05) is 19.8 Å². The van der Waals surface area contributed by atoms with Crippen LogP contribution >= 0.6 is 0 Å². The Hall–Kier alpha value is -0.480. The molecule has 3 atom stereocenters. The van der Waals surface area contributed by atoms with Crippen molar-refractivity contribution in [2.75, 3.05) is 0 Å². The Balaban J connectivity index is 2.02. The fourth-order valence-corrected chi connectivity index (χ4v) is 6.02. The molecule has 4 bridgehead atoms. The Labute approximate surface area is 98.6 Å². The molecule has 4 aliphatic rings. The lowest BCUT2D eigenvalue weighted by Gasteiger charge is -2.66. The molecule has 4 rings (SSSR count). The Morgan fingerprint density at radius 3 is 2.12 bits per heavy atom. The number of rotatable bonds is 1. The van der Waals surface area contributed by atoms with Crippen molar-refractivity contribution < 1.29 is 5.11 Å². The highest BCUT2D eigenvalue weighted by atomic mass is 16.3. The summed E-state index contributed by atoms with van der Waals surface area (Å²) in [4.78, 5) is 0. The van der Waals surface area contributed by atoms with Crippen LogP contribution in [0.25, 0.3) is 0 Å². The zero-order valence-electron chi connectivity index (χ0n) is 10.4. The molecule has 1 N–H and O–H groups in total. The quantitative estimate of drug-likeness (QED) is 0.671. The molecular formula is C15H22O. The van der Waals surface area contributed by atoms with Crippen LogP contribution in [-0.2, 0) is 0 Å². The van der Waals surface area contributed by atoms with E-state index in [-0.39, 0.29) is 5.41 Å². The summed E-state index contributed by atoms with van der Waals surface area (Å²) in [7, 11) is 0. The number of aliphatic hydroxyl groups is 1. The van der Waals surface area contributed by atoms with Crippen molar-refractivity contribution in [2.24, 2.45) is 22.2 Å².